The van der Waals surface area contributed by atoms with Gasteiger partial charge in [-0.3, -0.25) is 9.59 Å². The molecule has 154 valence electrons. The zero-order valence-corrected chi connectivity index (χ0v) is 16.5. The quantitative estimate of drug-likeness (QED) is 0.648. The molecule has 0 aromatic heterocycles. The first kappa shape index (κ1) is 20.7. The number of carbonyl (C=O) groups is 2. The minimum absolute atomic E-state index is 0.145. The summed E-state index contributed by atoms with van der Waals surface area (Å²) < 4.78 is 34.3. The van der Waals surface area contributed by atoms with Crippen LogP contribution in [0.4, 0.5) is 0 Å². The third-order valence-corrected chi connectivity index (χ3v) is 4.45. The monoisotopic (exact) mass is 394 g/mol. The van der Waals surface area contributed by atoms with Crippen molar-refractivity contribution in [3.8, 4) is 0 Å². The highest BCUT2D eigenvalue weighted by Crippen LogP contribution is 2.40. The summed E-state index contributed by atoms with van der Waals surface area (Å²) in [6, 6.07) is 9.66. The second-order valence-corrected chi connectivity index (χ2v) is 7.28. The summed E-state index contributed by atoms with van der Waals surface area (Å²) >= 11 is 0. The summed E-state index contributed by atoms with van der Waals surface area (Å²) in [5.41, 5.74) is 0.979. The SMILES string of the molecule is CC(=O)OCC(OC(C)=O)[C@@H]1O[C@H]2OC(C)(C)O[C@H]2C1OCc1ccccc1. The summed E-state index contributed by atoms with van der Waals surface area (Å²) in [5, 5.41) is 0. The molecule has 2 saturated heterocycles. The van der Waals surface area contributed by atoms with Gasteiger partial charge in [0.05, 0.1) is 6.61 Å². The lowest BCUT2D eigenvalue weighted by Crippen LogP contribution is -2.46. The highest BCUT2D eigenvalue weighted by molar-refractivity contribution is 5.67. The Bertz CT molecular complexity index is 689. The van der Waals surface area contributed by atoms with Gasteiger partial charge in [0, 0.05) is 13.8 Å². The van der Waals surface area contributed by atoms with Gasteiger partial charge in [-0.25, -0.2) is 0 Å². The Hall–Kier alpha value is -2.00. The summed E-state index contributed by atoms with van der Waals surface area (Å²) in [7, 11) is 0. The summed E-state index contributed by atoms with van der Waals surface area (Å²) in [4.78, 5) is 22.8. The van der Waals surface area contributed by atoms with Crippen molar-refractivity contribution in [3.05, 3.63) is 35.9 Å². The van der Waals surface area contributed by atoms with Crippen LogP contribution in [0.25, 0.3) is 0 Å². The molecule has 0 spiro atoms. The van der Waals surface area contributed by atoms with Crippen molar-refractivity contribution in [2.45, 2.75) is 70.8 Å². The zero-order chi connectivity index (χ0) is 20.3. The standard InChI is InChI=1S/C20H26O8/c1-12(21)23-11-15(25-13(2)22)16-17(24-10-14-8-6-5-7-9-14)18-19(26-16)28-20(3,4)27-18/h5-9,15-19H,10-11H2,1-4H3/t15?,16-,17?,18-,19-/m0/s1. The highest BCUT2D eigenvalue weighted by Gasteiger charge is 2.58. The van der Waals surface area contributed by atoms with Gasteiger partial charge in [-0.15, -0.1) is 0 Å². The molecule has 8 heteroatoms. The van der Waals surface area contributed by atoms with Crippen LogP contribution in [0, 0.1) is 0 Å². The van der Waals surface area contributed by atoms with Crippen molar-refractivity contribution >= 4 is 11.9 Å². The number of fused-ring (bicyclic) bond motifs is 1. The molecule has 2 heterocycles. The summed E-state index contributed by atoms with van der Waals surface area (Å²) in [6.45, 7) is 6.33. The van der Waals surface area contributed by atoms with Crippen molar-refractivity contribution in [1.29, 1.82) is 0 Å². The molecule has 2 aliphatic heterocycles. The van der Waals surface area contributed by atoms with Crippen molar-refractivity contribution < 1.29 is 38.0 Å². The number of ether oxygens (including phenoxy) is 6. The first-order valence-corrected chi connectivity index (χ1v) is 9.22. The average molecular weight is 394 g/mol. The maximum absolute atomic E-state index is 11.6. The largest absolute Gasteiger partial charge is 0.462 e. The number of hydrogen-bond donors (Lipinski definition) is 0. The van der Waals surface area contributed by atoms with Crippen LogP contribution in [-0.4, -0.2) is 55.0 Å². The van der Waals surface area contributed by atoms with Gasteiger partial charge in [0.1, 0.15) is 24.9 Å². The number of hydrogen-bond acceptors (Lipinski definition) is 8. The predicted molar refractivity (Wildman–Crippen MR) is 95.9 cm³/mol. The minimum Gasteiger partial charge on any atom is -0.462 e. The Morgan fingerprint density at radius 3 is 2.46 bits per heavy atom. The Labute approximate surface area is 164 Å². The van der Waals surface area contributed by atoms with E-state index >= 15 is 0 Å². The molecule has 5 atom stereocenters. The molecule has 2 fully saturated rings. The van der Waals surface area contributed by atoms with E-state index in [9.17, 15) is 9.59 Å². The van der Waals surface area contributed by atoms with E-state index in [0.717, 1.165) is 5.56 Å². The van der Waals surface area contributed by atoms with Gasteiger partial charge in [0.25, 0.3) is 0 Å². The summed E-state index contributed by atoms with van der Waals surface area (Å²) in [5.74, 6) is -1.81. The van der Waals surface area contributed by atoms with E-state index in [-0.39, 0.29) is 6.61 Å². The van der Waals surface area contributed by atoms with Crippen LogP contribution in [0.15, 0.2) is 30.3 Å². The van der Waals surface area contributed by atoms with E-state index in [1.807, 2.05) is 30.3 Å². The van der Waals surface area contributed by atoms with E-state index < -0.39 is 48.4 Å². The first-order chi connectivity index (χ1) is 13.2. The Kier molecular flexibility index (Phi) is 6.34. The second kappa shape index (κ2) is 8.57. The summed E-state index contributed by atoms with van der Waals surface area (Å²) in [6.07, 6.45) is -3.30. The maximum atomic E-state index is 11.6. The molecule has 3 rings (SSSR count). The van der Waals surface area contributed by atoms with Gasteiger partial charge >= 0.3 is 11.9 Å². The van der Waals surface area contributed by atoms with Crippen LogP contribution in [0.1, 0.15) is 33.3 Å². The molecular formula is C20H26O8. The molecule has 0 amide bonds. The van der Waals surface area contributed by atoms with Crippen LogP contribution in [0.2, 0.25) is 0 Å². The van der Waals surface area contributed by atoms with Crippen LogP contribution >= 0.6 is 0 Å². The van der Waals surface area contributed by atoms with E-state index in [0.29, 0.717) is 6.61 Å². The average Bonchev–Trinajstić information content (AvgIpc) is 3.09. The normalized spacial score (nSPS) is 29.1. The number of carbonyl (C=O) groups excluding carboxylic acids is 2. The fourth-order valence-corrected chi connectivity index (χ4v) is 3.37. The molecule has 0 aliphatic carbocycles. The highest BCUT2D eigenvalue weighted by atomic mass is 16.8. The van der Waals surface area contributed by atoms with Crippen molar-refractivity contribution in [2.75, 3.05) is 6.61 Å². The molecular weight excluding hydrogens is 368 g/mol. The van der Waals surface area contributed by atoms with Gasteiger partial charge in [-0.1, -0.05) is 30.3 Å². The Morgan fingerprint density at radius 2 is 1.82 bits per heavy atom. The van der Waals surface area contributed by atoms with E-state index in [1.165, 1.54) is 13.8 Å². The van der Waals surface area contributed by atoms with Crippen molar-refractivity contribution in [2.24, 2.45) is 0 Å². The van der Waals surface area contributed by atoms with Crippen LogP contribution in [0.3, 0.4) is 0 Å². The molecule has 8 nitrogen and oxygen atoms in total. The maximum Gasteiger partial charge on any atom is 0.303 e. The lowest BCUT2D eigenvalue weighted by molar-refractivity contribution is -0.236. The molecule has 2 unspecified atom stereocenters. The fourth-order valence-electron chi connectivity index (χ4n) is 3.37. The Morgan fingerprint density at radius 1 is 1.11 bits per heavy atom. The van der Waals surface area contributed by atoms with E-state index in [2.05, 4.69) is 0 Å². The number of esters is 2. The van der Waals surface area contributed by atoms with Crippen LogP contribution in [0.5, 0.6) is 0 Å². The van der Waals surface area contributed by atoms with Gasteiger partial charge < -0.3 is 28.4 Å². The third kappa shape index (κ3) is 5.08. The topological polar surface area (TPSA) is 89.5 Å². The molecule has 1 aromatic carbocycles. The van der Waals surface area contributed by atoms with E-state index in [1.54, 1.807) is 13.8 Å². The lowest BCUT2D eigenvalue weighted by Gasteiger charge is -2.30. The number of rotatable bonds is 7. The Balaban J connectivity index is 1.77. The first-order valence-electron chi connectivity index (χ1n) is 9.22. The van der Waals surface area contributed by atoms with Crippen molar-refractivity contribution in [3.63, 3.8) is 0 Å². The zero-order valence-electron chi connectivity index (χ0n) is 16.5. The van der Waals surface area contributed by atoms with Crippen molar-refractivity contribution in [1.82, 2.24) is 0 Å². The lowest BCUT2D eigenvalue weighted by atomic mass is 10.1. The molecule has 0 saturated carbocycles. The third-order valence-electron chi connectivity index (χ3n) is 4.45. The molecule has 0 bridgehead atoms. The van der Waals surface area contributed by atoms with Gasteiger partial charge in [-0.05, 0) is 19.4 Å². The van der Waals surface area contributed by atoms with Crippen LogP contribution in [-0.2, 0) is 44.6 Å². The minimum atomic E-state index is -0.844. The second-order valence-electron chi connectivity index (χ2n) is 7.28. The molecule has 1 aromatic rings. The van der Waals surface area contributed by atoms with Gasteiger partial charge in [0.15, 0.2) is 18.2 Å². The predicted octanol–water partition coefficient (Wildman–Crippen LogP) is 1.94. The smallest absolute Gasteiger partial charge is 0.303 e. The van der Waals surface area contributed by atoms with Crippen LogP contribution < -0.4 is 0 Å². The molecule has 28 heavy (non-hydrogen) atoms. The molecule has 0 N–H and O–H groups in total. The fraction of sp³-hybridized carbons (Fsp3) is 0.600. The number of benzene rings is 1. The van der Waals surface area contributed by atoms with Gasteiger partial charge in [0.2, 0.25) is 0 Å². The molecule has 0 radical (unpaired) electrons. The van der Waals surface area contributed by atoms with E-state index in [4.69, 9.17) is 28.4 Å². The van der Waals surface area contributed by atoms with Gasteiger partial charge in [-0.2, -0.15) is 0 Å². The molecule has 2 aliphatic rings.